The summed E-state index contributed by atoms with van der Waals surface area (Å²) >= 11 is 0. The van der Waals surface area contributed by atoms with E-state index in [1.54, 1.807) is 0 Å². The second-order valence-corrected chi connectivity index (χ2v) is 3.98. The number of carboxylic acid groups (broad SMARTS) is 1. The number of aliphatic hydroxyl groups is 1. The third-order valence-corrected chi connectivity index (χ3v) is 2.41. The van der Waals surface area contributed by atoms with Crippen molar-refractivity contribution in [3.63, 3.8) is 0 Å². The lowest BCUT2D eigenvalue weighted by molar-refractivity contribution is -0.144. The van der Waals surface area contributed by atoms with Crippen LogP contribution in [0.4, 0.5) is 4.39 Å². The molecule has 0 aromatic heterocycles. The number of nitrogens with two attached hydrogens (primary N) is 1. The van der Waals surface area contributed by atoms with Crippen molar-refractivity contribution in [1.82, 2.24) is 0 Å². The van der Waals surface area contributed by atoms with E-state index in [9.17, 15) is 14.3 Å². The summed E-state index contributed by atoms with van der Waals surface area (Å²) in [6.45, 7) is 1.34. The summed E-state index contributed by atoms with van der Waals surface area (Å²) in [5.41, 5.74) is 4.41. The fourth-order valence-electron chi connectivity index (χ4n) is 1.39. The summed E-state index contributed by atoms with van der Waals surface area (Å²) in [6, 6.07) is 4.09. The molecule has 4 nitrogen and oxygen atoms in total. The smallest absolute Gasteiger partial charge is 0.323 e. The molecule has 0 unspecified atom stereocenters. The van der Waals surface area contributed by atoms with Gasteiger partial charge in [-0.2, -0.15) is 0 Å². The predicted octanol–water partition coefficient (Wildman–Crippen LogP) is 0.531. The first-order valence-electron chi connectivity index (χ1n) is 4.78. The fraction of sp³-hybridized carbons (Fsp3) is 0.364. The summed E-state index contributed by atoms with van der Waals surface area (Å²) < 4.78 is 12.6. The second kappa shape index (κ2) is 4.59. The lowest BCUT2D eigenvalue weighted by Gasteiger charge is -2.27. The third kappa shape index (κ3) is 3.01. The molecule has 5 heteroatoms. The highest BCUT2D eigenvalue weighted by molar-refractivity contribution is 5.74. The lowest BCUT2D eigenvalue weighted by Crippen LogP contribution is -2.52. The van der Waals surface area contributed by atoms with Crippen LogP contribution in [-0.4, -0.2) is 27.8 Å². The van der Waals surface area contributed by atoms with Crippen molar-refractivity contribution in [2.24, 2.45) is 5.73 Å². The van der Waals surface area contributed by atoms with Gasteiger partial charge in [0.15, 0.2) is 0 Å². The number of hydrogen-bond donors (Lipinski definition) is 3. The van der Waals surface area contributed by atoms with E-state index in [0.29, 0.717) is 5.56 Å². The zero-order chi connectivity index (χ0) is 12.3. The Kier molecular flexibility index (Phi) is 3.62. The number of rotatable bonds is 4. The third-order valence-electron chi connectivity index (χ3n) is 2.41. The molecule has 1 aromatic rings. The summed E-state index contributed by atoms with van der Waals surface area (Å²) in [5.74, 6) is -1.65. The maximum absolute atomic E-state index is 12.6. The molecule has 1 aromatic carbocycles. The van der Waals surface area contributed by atoms with Crippen LogP contribution in [0, 0.1) is 5.82 Å². The van der Waals surface area contributed by atoms with Crippen LogP contribution < -0.4 is 5.73 Å². The topological polar surface area (TPSA) is 83.5 Å². The molecular weight excluding hydrogens is 213 g/mol. The number of benzene rings is 1. The van der Waals surface area contributed by atoms with Gasteiger partial charge in [-0.1, -0.05) is 12.1 Å². The van der Waals surface area contributed by atoms with Crippen molar-refractivity contribution < 1.29 is 19.4 Å². The lowest BCUT2D eigenvalue weighted by atomic mass is 9.89. The molecule has 4 N–H and O–H groups in total. The van der Waals surface area contributed by atoms with E-state index in [1.807, 2.05) is 0 Å². The predicted molar refractivity (Wildman–Crippen MR) is 56.3 cm³/mol. The van der Waals surface area contributed by atoms with E-state index >= 15 is 0 Å². The molecule has 0 fully saturated rings. The molecule has 0 aliphatic heterocycles. The maximum Gasteiger partial charge on any atom is 0.323 e. The van der Waals surface area contributed by atoms with Gasteiger partial charge in [-0.15, -0.1) is 0 Å². The summed E-state index contributed by atoms with van der Waals surface area (Å²) in [4.78, 5) is 10.6. The van der Waals surface area contributed by atoms with Crippen LogP contribution in [0.25, 0.3) is 0 Å². The molecule has 0 radical (unpaired) electrons. The minimum atomic E-state index is -1.57. The van der Waals surface area contributed by atoms with E-state index in [0.717, 1.165) is 0 Å². The van der Waals surface area contributed by atoms with Crippen LogP contribution in [0.3, 0.4) is 0 Å². The molecule has 88 valence electrons. The highest BCUT2D eigenvalue weighted by Crippen LogP contribution is 2.16. The number of aliphatic carboxylic acids is 1. The van der Waals surface area contributed by atoms with Crippen molar-refractivity contribution in [3.05, 3.63) is 35.6 Å². The fourth-order valence-corrected chi connectivity index (χ4v) is 1.39. The number of halogens is 1. The first-order chi connectivity index (χ1) is 7.33. The Morgan fingerprint density at radius 2 is 2.00 bits per heavy atom. The summed E-state index contributed by atoms with van der Waals surface area (Å²) in [5, 5.41) is 18.6. The first-order valence-corrected chi connectivity index (χ1v) is 4.78. The van der Waals surface area contributed by atoms with Crippen molar-refractivity contribution >= 4 is 5.97 Å². The average molecular weight is 227 g/mol. The normalized spacial score (nSPS) is 16.5. The van der Waals surface area contributed by atoms with E-state index < -0.39 is 17.6 Å². The molecule has 16 heavy (non-hydrogen) atoms. The zero-order valence-electron chi connectivity index (χ0n) is 8.85. The molecule has 2 atom stereocenters. The molecule has 0 aliphatic rings. The van der Waals surface area contributed by atoms with Gasteiger partial charge in [0.25, 0.3) is 0 Å². The van der Waals surface area contributed by atoms with E-state index in [-0.39, 0.29) is 12.2 Å². The van der Waals surface area contributed by atoms with Crippen LogP contribution >= 0.6 is 0 Å². The average Bonchev–Trinajstić information content (AvgIpc) is 2.20. The summed E-state index contributed by atoms with van der Waals surface area (Å²) in [6.07, 6.45) is 0.0563. The number of carboxylic acids is 1. The molecule has 0 spiro atoms. The molecule has 0 saturated carbocycles. The van der Waals surface area contributed by atoms with Gasteiger partial charge in [0.2, 0.25) is 0 Å². The highest BCUT2D eigenvalue weighted by atomic mass is 19.1. The van der Waals surface area contributed by atoms with Gasteiger partial charge in [-0.3, -0.25) is 4.79 Å². The molecule has 0 aliphatic carbocycles. The molecule has 0 bridgehead atoms. The van der Waals surface area contributed by atoms with Gasteiger partial charge in [-0.25, -0.2) is 4.39 Å². The molecular formula is C11H14FNO3. The van der Waals surface area contributed by atoms with Gasteiger partial charge < -0.3 is 15.9 Å². The van der Waals surface area contributed by atoms with Crippen molar-refractivity contribution in [1.29, 1.82) is 0 Å². The van der Waals surface area contributed by atoms with Crippen LogP contribution in [0.5, 0.6) is 0 Å². The maximum atomic E-state index is 12.6. The van der Waals surface area contributed by atoms with Crippen molar-refractivity contribution in [2.45, 2.75) is 25.0 Å². The molecule has 0 heterocycles. The van der Waals surface area contributed by atoms with Gasteiger partial charge in [0.1, 0.15) is 11.9 Å². The quantitative estimate of drug-likeness (QED) is 0.700. The Labute approximate surface area is 92.5 Å². The van der Waals surface area contributed by atoms with Crippen LogP contribution in [0.1, 0.15) is 12.5 Å². The highest BCUT2D eigenvalue weighted by Gasteiger charge is 2.34. The minimum Gasteiger partial charge on any atom is -0.480 e. The Bertz CT molecular complexity index is 375. The summed E-state index contributed by atoms with van der Waals surface area (Å²) in [7, 11) is 0. The monoisotopic (exact) mass is 227 g/mol. The Hall–Kier alpha value is -1.46. The van der Waals surface area contributed by atoms with Crippen LogP contribution in [-0.2, 0) is 11.2 Å². The van der Waals surface area contributed by atoms with Crippen LogP contribution in [0.2, 0.25) is 0 Å². The van der Waals surface area contributed by atoms with Gasteiger partial charge in [-0.05, 0) is 24.6 Å². The molecule has 1 rings (SSSR count). The zero-order valence-corrected chi connectivity index (χ0v) is 8.85. The largest absolute Gasteiger partial charge is 0.480 e. The van der Waals surface area contributed by atoms with Gasteiger partial charge >= 0.3 is 5.97 Å². The Balaban J connectivity index is 2.79. The Morgan fingerprint density at radius 3 is 2.44 bits per heavy atom. The standard InChI is InChI=1S/C11H14FNO3/c1-11(16,9(13)10(14)15)6-7-2-4-8(12)5-3-7/h2-5,9,16H,6,13H2,1H3,(H,14,15)/t9-,11-/m1/s1. The van der Waals surface area contributed by atoms with Crippen molar-refractivity contribution in [2.75, 3.05) is 0 Å². The molecule has 0 saturated heterocycles. The number of carbonyl (C=O) groups is 1. The van der Waals surface area contributed by atoms with E-state index in [4.69, 9.17) is 10.8 Å². The second-order valence-electron chi connectivity index (χ2n) is 3.98. The van der Waals surface area contributed by atoms with Gasteiger partial charge in [0.05, 0.1) is 5.60 Å². The van der Waals surface area contributed by atoms with Crippen LogP contribution in [0.15, 0.2) is 24.3 Å². The number of hydrogen-bond acceptors (Lipinski definition) is 3. The molecule has 0 amide bonds. The SMILES string of the molecule is C[C@@](O)(Cc1ccc(F)cc1)[C@H](N)C(=O)O. The van der Waals surface area contributed by atoms with E-state index in [1.165, 1.54) is 31.2 Å². The Morgan fingerprint density at radius 1 is 1.50 bits per heavy atom. The minimum absolute atomic E-state index is 0.0563. The van der Waals surface area contributed by atoms with Crippen molar-refractivity contribution in [3.8, 4) is 0 Å². The van der Waals surface area contributed by atoms with E-state index in [2.05, 4.69) is 0 Å². The van der Waals surface area contributed by atoms with Gasteiger partial charge in [0, 0.05) is 6.42 Å². The first kappa shape index (κ1) is 12.6.